The number of benzene rings is 1. The van der Waals surface area contributed by atoms with E-state index >= 15 is 0 Å². The summed E-state index contributed by atoms with van der Waals surface area (Å²) in [5, 5.41) is 2.78. The van der Waals surface area contributed by atoms with E-state index in [1.54, 1.807) is 6.07 Å². The lowest BCUT2D eigenvalue weighted by Crippen LogP contribution is -2.30. The minimum atomic E-state index is -0.149. The van der Waals surface area contributed by atoms with Crippen molar-refractivity contribution in [1.82, 2.24) is 5.32 Å². The van der Waals surface area contributed by atoms with Gasteiger partial charge in [-0.05, 0) is 44.0 Å². The summed E-state index contributed by atoms with van der Waals surface area (Å²) < 4.78 is 0. The fourth-order valence-electron chi connectivity index (χ4n) is 1.56. The summed E-state index contributed by atoms with van der Waals surface area (Å²) in [6, 6.07) is 7.49. The van der Waals surface area contributed by atoms with Crippen LogP contribution in [-0.2, 0) is 4.79 Å². The second-order valence-corrected chi connectivity index (χ2v) is 4.77. The third kappa shape index (κ3) is 4.36. The molecule has 0 radical (unpaired) electrons. The third-order valence-corrected chi connectivity index (χ3v) is 3.28. The molecule has 1 aromatic rings. The number of hydrogen-bond donors (Lipinski definition) is 1. The number of carbonyl (C=O) groups is 2. The van der Waals surface area contributed by atoms with Crippen LogP contribution < -0.4 is 5.32 Å². The van der Waals surface area contributed by atoms with E-state index in [0.29, 0.717) is 12.1 Å². The molecule has 0 aliphatic carbocycles. The highest BCUT2D eigenvalue weighted by Crippen LogP contribution is 2.15. The molecule has 19 heavy (non-hydrogen) atoms. The summed E-state index contributed by atoms with van der Waals surface area (Å²) in [6.07, 6.45) is 2.01. The van der Waals surface area contributed by atoms with Crippen LogP contribution in [0.4, 0.5) is 0 Å². The van der Waals surface area contributed by atoms with Crippen molar-refractivity contribution in [3.63, 3.8) is 0 Å². The predicted molar refractivity (Wildman–Crippen MR) is 77.9 cm³/mol. The van der Waals surface area contributed by atoms with Crippen LogP contribution in [0.1, 0.15) is 43.6 Å². The largest absolute Gasteiger partial charge is 0.351 e. The van der Waals surface area contributed by atoms with Gasteiger partial charge in [-0.3, -0.25) is 9.59 Å². The van der Waals surface area contributed by atoms with E-state index in [1.165, 1.54) is 6.92 Å². The van der Waals surface area contributed by atoms with Crippen LogP contribution >= 0.6 is 0 Å². The van der Waals surface area contributed by atoms with Gasteiger partial charge >= 0.3 is 0 Å². The zero-order valence-corrected chi connectivity index (χ0v) is 12.0. The minimum absolute atomic E-state index is 0.0822. The molecule has 0 bridgehead atoms. The number of allylic oxidation sites excluding steroid dienone is 2. The third-order valence-electron chi connectivity index (χ3n) is 3.28. The standard InChI is InChI=1S/C16H21NO2/c1-5-11(2)14-7-6-8-15(9-14)16(19)17-10-12(3)13(4)18/h5-9,12H,10H2,1-4H3,(H,17,19). The van der Waals surface area contributed by atoms with Gasteiger partial charge in [0.15, 0.2) is 0 Å². The Kier molecular flexibility index (Phi) is 5.49. The smallest absolute Gasteiger partial charge is 0.251 e. The maximum Gasteiger partial charge on any atom is 0.251 e. The molecule has 1 aromatic carbocycles. The van der Waals surface area contributed by atoms with Gasteiger partial charge in [-0.15, -0.1) is 0 Å². The van der Waals surface area contributed by atoms with Gasteiger partial charge in [0.25, 0.3) is 5.91 Å². The number of carbonyl (C=O) groups excluding carboxylic acids is 2. The Morgan fingerprint density at radius 3 is 2.47 bits per heavy atom. The molecule has 3 nitrogen and oxygen atoms in total. The molecule has 1 unspecified atom stereocenters. The first-order chi connectivity index (χ1) is 8.95. The summed E-state index contributed by atoms with van der Waals surface area (Å²) in [5.41, 5.74) is 2.79. The Bertz CT molecular complexity index is 503. The Morgan fingerprint density at radius 2 is 1.89 bits per heavy atom. The SMILES string of the molecule is CC=C(C)c1cccc(C(=O)NCC(C)C(C)=O)c1. The Labute approximate surface area is 114 Å². The van der Waals surface area contributed by atoms with E-state index in [4.69, 9.17) is 0 Å². The number of nitrogens with one attached hydrogen (secondary N) is 1. The number of ketones is 1. The maximum absolute atomic E-state index is 12.0. The van der Waals surface area contributed by atoms with Crippen molar-refractivity contribution in [2.75, 3.05) is 6.54 Å². The van der Waals surface area contributed by atoms with Gasteiger partial charge in [0.05, 0.1) is 0 Å². The van der Waals surface area contributed by atoms with Crippen molar-refractivity contribution in [2.24, 2.45) is 5.92 Å². The highest BCUT2D eigenvalue weighted by molar-refractivity contribution is 5.95. The molecular weight excluding hydrogens is 238 g/mol. The quantitative estimate of drug-likeness (QED) is 0.883. The molecule has 1 amide bonds. The van der Waals surface area contributed by atoms with Crippen molar-refractivity contribution in [2.45, 2.75) is 27.7 Å². The summed E-state index contributed by atoms with van der Waals surface area (Å²) >= 11 is 0. The number of rotatable bonds is 5. The highest BCUT2D eigenvalue weighted by atomic mass is 16.1. The highest BCUT2D eigenvalue weighted by Gasteiger charge is 2.11. The van der Waals surface area contributed by atoms with Crippen LogP contribution in [0.25, 0.3) is 5.57 Å². The van der Waals surface area contributed by atoms with E-state index in [0.717, 1.165) is 11.1 Å². The molecule has 0 aliphatic heterocycles. The van der Waals surface area contributed by atoms with Crippen molar-refractivity contribution in [3.8, 4) is 0 Å². The molecule has 0 aliphatic rings. The zero-order chi connectivity index (χ0) is 14.4. The molecule has 0 aromatic heterocycles. The van der Waals surface area contributed by atoms with Crippen LogP contribution in [0.3, 0.4) is 0 Å². The minimum Gasteiger partial charge on any atom is -0.351 e. The molecule has 1 N–H and O–H groups in total. The monoisotopic (exact) mass is 259 g/mol. The second-order valence-electron chi connectivity index (χ2n) is 4.77. The Balaban J connectivity index is 2.75. The van der Waals surface area contributed by atoms with Crippen LogP contribution in [0.15, 0.2) is 30.3 Å². The first kappa shape index (κ1) is 15.2. The van der Waals surface area contributed by atoms with Crippen LogP contribution in [0.5, 0.6) is 0 Å². The molecule has 0 fully saturated rings. The molecular formula is C16H21NO2. The van der Waals surface area contributed by atoms with E-state index in [9.17, 15) is 9.59 Å². The maximum atomic E-state index is 12.0. The van der Waals surface area contributed by atoms with E-state index in [-0.39, 0.29) is 17.6 Å². The van der Waals surface area contributed by atoms with Gasteiger partial charge in [0.2, 0.25) is 0 Å². The van der Waals surface area contributed by atoms with E-state index in [1.807, 2.05) is 45.0 Å². The molecule has 1 atom stereocenters. The first-order valence-corrected chi connectivity index (χ1v) is 6.47. The lowest BCUT2D eigenvalue weighted by molar-refractivity contribution is -0.120. The lowest BCUT2D eigenvalue weighted by atomic mass is 10.0. The molecule has 0 saturated heterocycles. The molecule has 0 spiro atoms. The second kappa shape index (κ2) is 6.88. The number of amides is 1. The van der Waals surface area contributed by atoms with Gasteiger partial charge < -0.3 is 5.32 Å². The summed E-state index contributed by atoms with van der Waals surface area (Å²) in [6.45, 7) is 7.70. The number of hydrogen-bond acceptors (Lipinski definition) is 2. The topological polar surface area (TPSA) is 46.2 Å². The fraction of sp³-hybridized carbons (Fsp3) is 0.375. The molecule has 3 heteroatoms. The van der Waals surface area contributed by atoms with Crippen molar-refractivity contribution in [1.29, 1.82) is 0 Å². The molecule has 102 valence electrons. The van der Waals surface area contributed by atoms with E-state index < -0.39 is 0 Å². The normalized spacial score (nSPS) is 12.9. The van der Waals surface area contributed by atoms with Crippen molar-refractivity contribution < 1.29 is 9.59 Å². The fourth-order valence-corrected chi connectivity index (χ4v) is 1.56. The summed E-state index contributed by atoms with van der Waals surface area (Å²) in [5.74, 6) is -0.206. The Morgan fingerprint density at radius 1 is 1.26 bits per heavy atom. The van der Waals surface area contributed by atoms with Gasteiger partial charge in [0.1, 0.15) is 5.78 Å². The molecule has 0 saturated carbocycles. The van der Waals surface area contributed by atoms with Crippen molar-refractivity contribution in [3.05, 3.63) is 41.5 Å². The van der Waals surface area contributed by atoms with Gasteiger partial charge in [-0.1, -0.05) is 25.1 Å². The number of Topliss-reactive ketones (excluding diaryl/α,β-unsaturated/α-hetero) is 1. The zero-order valence-electron chi connectivity index (χ0n) is 12.0. The van der Waals surface area contributed by atoms with E-state index in [2.05, 4.69) is 5.32 Å². The molecule has 1 rings (SSSR count). The van der Waals surface area contributed by atoms with Crippen molar-refractivity contribution >= 4 is 17.3 Å². The lowest BCUT2D eigenvalue weighted by Gasteiger charge is -2.10. The average Bonchev–Trinajstić information content (AvgIpc) is 2.43. The summed E-state index contributed by atoms with van der Waals surface area (Å²) in [4.78, 5) is 23.1. The first-order valence-electron chi connectivity index (χ1n) is 6.47. The van der Waals surface area contributed by atoms with Gasteiger partial charge in [-0.2, -0.15) is 0 Å². The Hall–Kier alpha value is -1.90. The average molecular weight is 259 g/mol. The van der Waals surface area contributed by atoms with Crippen LogP contribution in [-0.4, -0.2) is 18.2 Å². The predicted octanol–water partition coefficient (Wildman–Crippen LogP) is 3.06. The molecule has 0 heterocycles. The summed E-state index contributed by atoms with van der Waals surface area (Å²) in [7, 11) is 0. The van der Waals surface area contributed by atoms with Crippen LogP contribution in [0.2, 0.25) is 0 Å². The van der Waals surface area contributed by atoms with Gasteiger partial charge in [0, 0.05) is 18.0 Å². The van der Waals surface area contributed by atoms with Crippen LogP contribution in [0, 0.1) is 5.92 Å². The van der Waals surface area contributed by atoms with Gasteiger partial charge in [-0.25, -0.2) is 0 Å².